The highest BCUT2D eigenvalue weighted by atomic mass is 16.5. The van der Waals surface area contributed by atoms with Crippen LogP contribution in [0.3, 0.4) is 0 Å². The zero-order chi connectivity index (χ0) is 19.1. The number of ether oxygens (including phenoxy) is 1. The van der Waals surface area contributed by atoms with Gasteiger partial charge in [-0.1, -0.05) is 32.0 Å². The van der Waals surface area contributed by atoms with Crippen LogP contribution in [0, 0.1) is 6.92 Å². The average Bonchev–Trinajstić information content (AvgIpc) is 2.64. The molecule has 0 spiro atoms. The van der Waals surface area contributed by atoms with Gasteiger partial charge < -0.3 is 10.1 Å². The number of aryl methyl sites for hydroxylation is 1. The summed E-state index contributed by atoms with van der Waals surface area (Å²) in [4.78, 5) is 20.0. The molecule has 1 amide bonds. The fourth-order valence-electron chi connectivity index (χ4n) is 3.14. The second kappa shape index (κ2) is 9.64. The summed E-state index contributed by atoms with van der Waals surface area (Å²) in [6, 6.07) is 7.97. The van der Waals surface area contributed by atoms with E-state index in [2.05, 4.69) is 10.2 Å². The van der Waals surface area contributed by atoms with Crippen LogP contribution in [0.25, 0.3) is 10.9 Å². The number of carbonyl (C=O) groups is 1. The monoisotopic (exact) mass is 357 g/mol. The summed E-state index contributed by atoms with van der Waals surface area (Å²) in [7, 11) is 0. The molecule has 5 nitrogen and oxygen atoms in total. The number of amides is 1. The van der Waals surface area contributed by atoms with Crippen molar-refractivity contribution in [2.45, 2.75) is 47.2 Å². The molecule has 3 rings (SSSR count). The van der Waals surface area contributed by atoms with E-state index in [1.165, 1.54) is 0 Å². The van der Waals surface area contributed by atoms with Crippen molar-refractivity contribution in [3.63, 3.8) is 0 Å². The number of hydrogen-bond acceptors (Lipinski definition) is 4. The van der Waals surface area contributed by atoms with Gasteiger partial charge in [0, 0.05) is 42.3 Å². The van der Waals surface area contributed by atoms with Crippen molar-refractivity contribution in [1.29, 1.82) is 0 Å². The Morgan fingerprint density at radius 3 is 2.54 bits per heavy atom. The number of nitrogens with zero attached hydrogens (tertiary/aromatic N) is 2. The van der Waals surface area contributed by atoms with Crippen LogP contribution in [-0.2, 0) is 11.3 Å². The maximum absolute atomic E-state index is 12.9. The van der Waals surface area contributed by atoms with E-state index >= 15 is 0 Å². The Morgan fingerprint density at radius 1 is 1.23 bits per heavy atom. The predicted octanol–water partition coefficient (Wildman–Crippen LogP) is 3.54. The van der Waals surface area contributed by atoms with Crippen LogP contribution in [0.2, 0.25) is 0 Å². The van der Waals surface area contributed by atoms with Crippen molar-refractivity contribution in [3.8, 4) is 0 Å². The van der Waals surface area contributed by atoms with Crippen molar-refractivity contribution in [3.05, 3.63) is 41.1 Å². The number of rotatable bonds is 4. The highest BCUT2D eigenvalue weighted by Gasteiger charge is 2.22. The summed E-state index contributed by atoms with van der Waals surface area (Å²) in [6.07, 6.45) is 0. The second-order valence-electron chi connectivity index (χ2n) is 6.58. The molecule has 1 aromatic heterocycles. The van der Waals surface area contributed by atoms with Crippen LogP contribution in [0.15, 0.2) is 24.3 Å². The van der Waals surface area contributed by atoms with Crippen molar-refractivity contribution in [1.82, 2.24) is 15.2 Å². The van der Waals surface area contributed by atoms with Gasteiger partial charge in [-0.05, 0) is 26.8 Å². The summed E-state index contributed by atoms with van der Waals surface area (Å²) in [5.74, 6) is -0.0186. The SMILES string of the molecule is CC.Cc1nc2ccccc2c(C(=O)NC(C)C)c1CN1CCOCC1. The minimum absolute atomic E-state index is 0.0186. The van der Waals surface area contributed by atoms with Gasteiger partial charge in [0.25, 0.3) is 5.91 Å². The molecule has 26 heavy (non-hydrogen) atoms. The van der Waals surface area contributed by atoms with E-state index in [9.17, 15) is 4.79 Å². The van der Waals surface area contributed by atoms with E-state index in [0.29, 0.717) is 0 Å². The molecule has 2 aromatic rings. The number of para-hydroxylation sites is 1. The van der Waals surface area contributed by atoms with Gasteiger partial charge in [-0.2, -0.15) is 0 Å². The number of aromatic nitrogens is 1. The molecule has 0 radical (unpaired) electrons. The normalized spacial score (nSPS) is 14.8. The number of carbonyl (C=O) groups excluding carboxylic acids is 1. The number of benzene rings is 1. The zero-order valence-corrected chi connectivity index (χ0v) is 16.6. The summed E-state index contributed by atoms with van der Waals surface area (Å²) in [5.41, 5.74) is 3.58. The largest absolute Gasteiger partial charge is 0.379 e. The van der Waals surface area contributed by atoms with Gasteiger partial charge in [0.15, 0.2) is 0 Å². The molecule has 0 saturated carbocycles. The van der Waals surface area contributed by atoms with E-state index in [-0.39, 0.29) is 11.9 Å². The molecule has 0 bridgehead atoms. The summed E-state index contributed by atoms with van der Waals surface area (Å²) in [5, 5.41) is 3.97. The van der Waals surface area contributed by atoms with Crippen molar-refractivity contribution in [2.24, 2.45) is 0 Å². The Hall–Kier alpha value is -1.98. The minimum Gasteiger partial charge on any atom is -0.379 e. The standard InChI is InChI=1S/C19H25N3O2.C2H6/c1-13(2)20-19(23)18-15-6-4-5-7-17(15)21-14(3)16(18)12-22-8-10-24-11-9-22;1-2/h4-7,13H,8-12H2,1-3H3,(H,20,23);1-2H3. The lowest BCUT2D eigenvalue weighted by molar-refractivity contribution is 0.0339. The molecule has 2 heterocycles. The molecule has 0 atom stereocenters. The quantitative estimate of drug-likeness (QED) is 0.909. The van der Waals surface area contributed by atoms with Crippen LogP contribution in [-0.4, -0.2) is 48.1 Å². The van der Waals surface area contributed by atoms with Crippen molar-refractivity contribution >= 4 is 16.8 Å². The molecular weight excluding hydrogens is 326 g/mol. The molecule has 1 N–H and O–H groups in total. The van der Waals surface area contributed by atoms with Gasteiger partial charge in [0.05, 0.1) is 24.3 Å². The fourth-order valence-corrected chi connectivity index (χ4v) is 3.14. The summed E-state index contributed by atoms with van der Waals surface area (Å²) < 4.78 is 5.43. The highest BCUT2D eigenvalue weighted by molar-refractivity contribution is 6.07. The first-order chi connectivity index (χ1) is 12.6. The minimum atomic E-state index is -0.0186. The molecule has 0 unspecified atom stereocenters. The summed E-state index contributed by atoms with van der Waals surface area (Å²) in [6.45, 7) is 13.9. The zero-order valence-electron chi connectivity index (χ0n) is 16.6. The number of nitrogens with one attached hydrogen (secondary N) is 1. The lowest BCUT2D eigenvalue weighted by atomic mass is 9.99. The molecule has 1 aliphatic rings. The molecular formula is C21H31N3O2. The first kappa shape index (κ1) is 20.3. The van der Waals surface area contributed by atoms with Gasteiger partial charge >= 0.3 is 0 Å². The maximum Gasteiger partial charge on any atom is 0.252 e. The Morgan fingerprint density at radius 2 is 1.88 bits per heavy atom. The van der Waals surface area contributed by atoms with E-state index in [1.54, 1.807) is 0 Å². The molecule has 1 aromatic carbocycles. The van der Waals surface area contributed by atoms with Crippen LogP contribution >= 0.6 is 0 Å². The predicted molar refractivity (Wildman–Crippen MR) is 107 cm³/mol. The van der Waals surface area contributed by atoms with E-state index in [0.717, 1.165) is 60.6 Å². The third-order valence-electron chi connectivity index (χ3n) is 4.33. The van der Waals surface area contributed by atoms with Gasteiger partial charge in [-0.25, -0.2) is 0 Å². The lowest BCUT2D eigenvalue weighted by Crippen LogP contribution is -2.37. The van der Waals surface area contributed by atoms with Gasteiger partial charge in [0.1, 0.15) is 0 Å². The van der Waals surface area contributed by atoms with Crippen LogP contribution < -0.4 is 5.32 Å². The van der Waals surface area contributed by atoms with Gasteiger partial charge in [0.2, 0.25) is 0 Å². The second-order valence-corrected chi connectivity index (χ2v) is 6.58. The van der Waals surface area contributed by atoms with Crippen molar-refractivity contribution < 1.29 is 9.53 Å². The Kier molecular flexibility index (Phi) is 7.54. The van der Waals surface area contributed by atoms with Crippen LogP contribution in [0.5, 0.6) is 0 Å². The Labute approximate surface area is 156 Å². The van der Waals surface area contributed by atoms with E-state index < -0.39 is 0 Å². The molecule has 1 aliphatic heterocycles. The topological polar surface area (TPSA) is 54.5 Å². The van der Waals surface area contributed by atoms with E-state index in [1.807, 2.05) is 58.9 Å². The molecule has 1 fully saturated rings. The number of hydrogen-bond donors (Lipinski definition) is 1. The summed E-state index contributed by atoms with van der Waals surface area (Å²) >= 11 is 0. The first-order valence-electron chi connectivity index (χ1n) is 9.55. The van der Waals surface area contributed by atoms with Crippen LogP contribution in [0.1, 0.15) is 49.3 Å². The molecule has 5 heteroatoms. The third kappa shape index (κ3) is 4.80. The average molecular weight is 357 g/mol. The van der Waals surface area contributed by atoms with E-state index in [4.69, 9.17) is 9.72 Å². The number of pyridine rings is 1. The molecule has 142 valence electrons. The first-order valence-corrected chi connectivity index (χ1v) is 9.55. The number of fused-ring (bicyclic) bond motifs is 1. The molecule has 0 aliphatic carbocycles. The van der Waals surface area contributed by atoms with Crippen molar-refractivity contribution in [2.75, 3.05) is 26.3 Å². The van der Waals surface area contributed by atoms with Gasteiger partial charge in [-0.3, -0.25) is 14.7 Å². The maximum atomic E-state index is 12.9. The van der Waals surface area contributed by atoms with Crippen LogP contribution in [0.4, 0.5) is 0 Å². The Bertz CT molecular complexity index is 737. The van der Waals surface area contributed by atoms with Gasteiger partial charge in [-0.15, -0.1) is 0 Å². The Balaban J connectivity index is 0.00000117. The number of morpholine rings is 1. The third-order valence-corrected chi connectivity index (χ3v) is 4.33. The molecule has 1 saturated heterocycles. The smallest absolute Gasteiger partial charge is 0.252 e. The fraction of sp³-hybridized carbons (Fsp3) is 0.524. The lowest BCUT2D eigenvalue weighted by Gasteiger charge is -2.28. The highest BCUT2D eigenvalue weighted by Crippen LogP contribution is 2.25.